The molecule has 0 bridgehead atoms. The van der Waals surface area contributed by atoms with Crippen molar-refractivity contribution in [1.82, 2.24) is 0 Å². The standard InChI is InChI=1S/C28H27NO5/c1-27(2)33-16-20(34-27)15-32-19-4-6-22-23(13-19)28(7-9-31-10-8-28)24-12-18-11-17(14-29)3-5-21(18)25(24)26(22)30/h3-6,11,13,20H,7-10,12,15-16H2,1-2H3/t20-/m0/s1. The zero-order valence-corrected chi connectivity index (χ0v) is 19.5. The van der Waals surface area contributed by atoms with Crippen LogP contribution >= 0.6 is 0 Å². The van der Waals surface area contributed by atoms with Crippen LogP contribution in [0.5, 0.6) is 5.75 Å². The number of nitriles is 1. The van der Waals surface area contributed by atoms with Gasteiger partial charge in [-0.15, -0.1) is 0 Å². The summed E-state index contributed by atoms with van der Waals surface area (Å²) in [5.41, 5.74) is 6.16. The first-order valence-corrected chi connectivity index (χ1v) is 11.9. The minimum atomic E-state index is -0.589. The molecule has 0 aromatic heterocycles. The van der Waals surface area contributed by atoms with Gasteiger partial charge in [0.2, 0.25) is 0 Å². The molecule has 0 unspecified atom stereocenters. The summed E-state index contributed by atoms with van der Waals surface area (Å²) in [5.74, 6) is 0.206. The van der Waals surface area contributed by atoms with Crippen LogP contribution in [-0.4, -0.2) is 44.1 Å². The van der Waals surface area contributed by atoms with E-state index in [-0.39, 0.29) is 17.3 Å². The van der Waals surface area contributed by atoms with Crippen molar-refractivity contribution in [3.05, 3.63) is 69.8 Å². The fourth-order valence-corrected chi connectivity index (χ4v) is 5.99. The van der Waals surface area contributed by atoms with Crippen LogP contribution in [0.25, 0.3) is 5.57 Å². The number of benzene rings is 2. The molecule has 174 valence electrons. The van der Waals surface area contributed by atoms with Crippen molar-refractivity contribution >= 4 is 11.4 Å². The van der Waals surface area contributed by atoms with E-state index in [0.29, 0.717) is 38.4 Å². The van der Waals surface area contributed by atoms with Crippen LogP contribution in [0.1, 0.15) is 59.3 Å². The number of hydrogen-bond acceptors (Lipinski definition) is 6. The largest absolute Gasteiger partial charge is 0.491 e. The molecule has 0 N–H and O–H groups in total. The van der Waals surface area contributed by atoms with Crippen molar-refractivity contribution in [2.45, 2.75) is 50.4 Å². The van der Waals surface area contributed by atoms with Crippen LogP contribution in [0.15, 0.2) is 42.0 Å². The summed E-state index contributed by atoms with van der Waals surface area (Å²) < 4.78 is 23.4. The maximum Gasteiger partial charge on any atom is 0.193 e. The Labute approximate surface area is 199 Å². The van der Waals surface area contributed by atoms with Gasteiger partial charge in [-0.05, 0) is 85.7 Å². The number of rotatable bonds is 3. The van der Waals surface area contributed by atoms with E-state index in [2.05, 4.69) is 6.07 Å². The van der Waals surface area contributed by atoms with Gasteiger partial charge in [-0.1, -0.05) is 6.07 Å². The smallest absolute Gasteiger partial charge is 0.193 e. The van der Waals surface area contributed by atoms with Crippen LogP contribution in [-0.2, 0) is 26.0 Å². The Hall–Kier alpha value is -2.98. The molecule has 2 aliphatic carbocycles. The highest BCUT2D eigenvalue weighted by Gasteiger charge is 2.49. The molecule has 2 fully saturated rings. The topological polar surface area (TPSA) is 77.8 Å². The lowest BCUT2D eigenvalue weighted by molar-refractivity contribution is -0.141. The lowest BCUT2D eigenvalue weighted by Crippen LogP contribution is -2.40. The molecule has 4 aliphatic rings. The van der Waals surface area contributed by atoms with E-state index in [1.165, 1.54) is 5.57 Å². The summed E-state index contributed by atoms with van der Waals surface area (Å²) >= 11 is 0. The van der Waals surface area contributed by atoms with E-state index in [4.69, 9.17) is 18.9 Å². The van der Waals surface area contributed by atoms with Crippen LogP contribution in [0, 0.1) is 11.3 Å². The fraction of sp³-hybridized carbons (Fsp3) is 0.429. The maximum absolute atomic E-state index is 13.8. The molecule has 0 radical (unpaired) electrons. The van der Waals surface area contributed by atoms with E-state index < -0.39 is 5.79 Å². The average molecular weight is 458 g/mol. The minimum Gasteiger partial charge on any atom is -0.491 e. The zero-order chi connectivity index (χ0) is 23.5. The summed E-state index contributed by atoms with van der Waals surface area (Å²) in [6, 6.07) is 13.7. The zero-order valence-electron chi connectivity index (χ0n) is 19.5. The molecule has 34 heavy (non-hydrogen) atoms. The molecule has 2 aromatic rings. The predicted molar refractivity (Wildman–Crippen MR) is 125 cm³/mol. The third-order valence-corrected chi connectivity index (χ3v) is 7.58. The van der Waals surface area contributed by atoms with E-state index >= 15 is 0 Å². The second-order valence-electron chi connectivity index (χ2n) is 10.0. The summed E-state index contributed by atoms with van der Waals surface area (Å²) in [6.45, 7) is 5.99. The van der Waals surface area contributed by atoms with Crippen molar-refractivity contribution in [3.8, 4) is 11.8 Å². The molecule has 2 saturated heterocycles. The van der Waals surface area contributed by atoms with E-state index in [0.717, 1.165) is 46.4 Å². The number of Topliss-reactive ketones (excluding diaryl/α,β-unsaturated/α-hetero) is 1. The molecule has 2 aliphatic heterocycles. The molecular formula is C28H27NO5. The Morgan fingerprint density at radius 3 is 2.65 bits per heavy atom. The van der Waals surface area contributed by atoms with Crippen molar-refractivity contribution in [1.29, 1.82) is 5.26 Å². The Bertz CT molecular complexity index is 1260. The Balaban J connectivity index is 1.38. The number of allylic oxidation sites excluding steroid dienone is 2. The van der Waals surface area contributed by atoms with E-state index in [1.807, 2.05) is 44.2 Å². The number of carbonyl (C=O) groups is 1. The van der Waals surface area contributed by atoms with Gasteiger partial charge in [-0.2, -0.15) is 5.26 Å². The molecule has 6 nitrogen and oxygen atoms in total. The van der Waals surface area contributed by atoms with E-state index in [9.17, 15) is 10.1 Å². The lowest BCUT2D eigenvalue weighted by atomic mass is 9.62. The number of carbonyl (C=O) groups excluding carboxylic acids is 1. The van der Waals surface area contributed by atoms with Gasteiger partial charge in [0.05, 0.1) is 18.2 Å². The van der Waals surface area contributed by atoms with Gasteiger partial charge in [-0.3, -0.25) is 4.79 Å². The highest BCUT2D eigenvalue weighted by molar-refractivity contribution is 6.33. The first kappa shape index (κ1) is 21.5. The van der Waals surface area contributed by atoms with Crippen molar-refractivity contribution in [2.24, 2.45) is 0 Å². The normalized spacial score (nSPS) is 23.9. The highest BCUT2D eigenvalue weighted by Crippen LogP contribution is 2.54. The van der Waals surface area contributed by atoms with E-state index in [1.54, 1.807) is 6.07 Å². The van der Waals surface area contributed by atoms with Gasteiger partial charge in [-0.25, -0.2) is 0 Å². The first-order valence-electron chi connectivity index (χ1n) is 11.9. The second-order valence-corrected chi connectivity index (χ2v) is 10.0. The molecular weight excluding hydrogens is 430 g/mol. The second kappa shape index (κ2) is 7.78. The van der Waals surface area contributed by atoms with Gasteiger partial charge in [0, 0.05) is 29.8 Å². The Kier molecular flexibility index (Phi) is 4.93. The quantitative estimate of drug-likeness (QED) is 0.682. The van der Waals surface area contributed by atoms with Crippen LogP contribution < -0.4 is 4.74 Å². The van der Waals surface area contributed by atoms with Crippen LogP contribution in [0.3, 0.4) is 0 Å². The van der Waals surface area contributed by atoms with Gasteiger partial charge in [0.1, 0.15) is 18.5 Å². The molecule has 6 heteroatoms. The van der Waals surface area contributed by atoms with Gasteiger partial charge < -0.3 is 18.9 Å². The molecule has 2 aromatic carbocycles. The summed E-state index contributed by atoms with van der Waals surface area (Å²) in [6.07, 6.45) is 2.21. The SMILES string of the molecule is CC1(C)OC[C@H](COc2ccc3c(c2)C2(CCOCC2)C2=C(C3=O)c3ccc(C#N)cc3C2)O1. The van der Waals surface area contributed by atoms with Gasteiger partial charge >= 0.3 is 0 Å². The molecule has 2 heterocycles. The number of nitrogens with zero attached hydrogens (tertiary/aromatic N) is 1. The average Bonchev–Trinajstić information content (AvgIpc) is 3.41. The third kappa shape index (κ3) is 3.31. The van der Waals surface area contributed by atoms with Gasteiger partial charge in [0.25, 0.3) is 0 Å². The summed E-state index contributed by atoms with van der Waals surface area (Å²) in [7, 11) is 0. The molecule has 0 amide bonds. The molecule has 6 rings (SSSR count). The van der Waals surface area contributed by atoms with Crippen LogP contribution in [0.4, 0.5) is 0 Å². The number of fused-ring (bicyclic) bond motifs is 5. The predicted octanol–water partition coefficient (Wildman–Crippen LogP) is 4.34. The fourth-order valence-electron chi connectivity index (χ4n) is 5.99. The summed E-state index contributed by atoms with van der Waals surface area (Å²) in [4.78, 5) is 13.8. The lowest BCUT2D eigenvalue weighted by Gasteiger charge is -2.43. The monoisotopic (exact) mass is 457 g/mol. The molecule has 1 spiro atoms. The third-order valence-electron chi connectivity index (χ3n) is 7.58. The Morgan fingerprint density at radius 2 is 1.91 bits per heavy atom. The first-order chi connectivity index (χ1) is 16.4. The number of ether oxygens (including phenoxy) is 4. The summed E-state index contributed by atoms with van der Waals surface area (Å²) in [5, 5.41) is 9.37. The molecule has 1 atom stereocenters. The van der Waals surface area contributed by atoms with Crippen LogP contribution in [0.2, 0.25) is 0 Å². The number of ketones is 1. The van der Waals surface area contributed by atoms with Gasteiger partial charge in [0.15, 0.2) is 11.6 Å². The van der Waals surface area contributed by atoms with Crippen molar-refractivity contribution in [2.75, 3.05) is 26.4 Å². The highest BCUT2D eigenvalue weighted by atomic mass is 16.7. The maximum atomic E-state index is 13.8. The van der Waals surface area contributed by atoms with Crippen molar-refractivity contribution < 1.29 is 23.7 Å². The number of hydrogen-bond donors (Lipinski definition) is 0. The molecule has 0 saturated carbocycles. The Morgan fingerprint density at radius 1 is 1.12 bits per heavy atom. The minimum absolute atomic E-state index is 0.0615. The van der Waals surface area contributed by atoms with Crippen molar-refractivity contribution in [3.63, 3.8) is 0 Å².